The van der Waals surface area contributed by atoms with Crippen molar-refractivity contribution in [3.8, 4) is 0 Å². The molecule has 23 heavy (non-hydrogen) atoms. The first kappa shape index (κ1) is 18.0. The second-order valence-electron chi connectivity index (χ2n) is 6.04. The molecule has 3 unspecified atom stereocenters. The Labute approximate surface area is 132 Å². The minimum Gasteiger partial charge on any atom is -0.368 e. The Bertz CT molecular complexity index is 446. The molecule has 9 heteroatoms. The maximum absolute atomic E-state index is 13.3. The Morgan fingerprint density at radius 3 is 2.00 bits per heavy atom. The van der Waals surface area contributed by atoms with Crippen LogP contribution in [0.5, 0.6) is 0 Å². The highest BCUT2D eigenvalue weighted by Gasteiger charge is 2.53. The van der Waals surface area contributed by atoms with Gasteiger partial charge in [-0.25, -0.2) is 0 Å². The van der Waals surface area contributed by atoms with Crippen LogP contribution in [-0.2, 0) is 19.1 Å². The number of halogens is 3. The maximum atomic E-state index is 13.3. The van der Waals surface area contributed by atoms with Gasteiger partial charge in [0, 0.05) is 19.8 Å². The number of ether oxygens (including phenoxy) is 2. The molecule has 0 aromatic heterocycles. The number of carbonyl (C=O) groups excluding carboxylic acids is 2. The van der Waals surface area contributed by atoms with Crippen LogP contribution in [0, 0.1) is 0 Å². The molecule has 2 amide bonds. The SMILES string of the molecule is CC(CNC(=O)C1CCCO1)(NC(=O)C1CCCO1)C(F)(F)F. The van der Waals surface area contributed by atoms with E-state index in [0.29, 0.717) is 38.9 Å². The van der Waals surface area contributed by atoms with E-state index in [2.05, 4.69) is 5.32 Å². The Kier molecular flexibility index (Phi) is 5.51. The number of alkyl halides is 3. The molecule has 2 aliphatic heterocycles. The quantitative estimate of drug-likeness (QED) is 0.781. The van der Waals surface area contributed by atoms with E-state index in [9.17, 15) is 22.8 Å². The van der Waals surface area contributed by atoms with Crippen molar-refractivity contribution in [3.05, 3.63) is 0 Å². The summed E-state index contributed by atoms with van der Waals surface area (Å²) in [6.07, 6.45) is -4.10. The van der Waals surface area contributed by atoms with Gasteiger partial charge in [-0.2, -0.15) is 13.2 Å². The molecule has 0 spiro atoms. The number of amides is 2. The molecule has 2 aliphatic rings. The molecule has 2 N–H and O–H groups in total. The van der Waals surface area contributed by atoms with Crippen molar-refractivity contribution >= 4 is 11.8 Å². The second kappa shape index (κ2) is 7.04. The van der Waals surface area contributed by atoms with Crippen LogP contribution in [0.15, 0.2) is 0 Å². The van der Waals surface area contributed by atoms with E-state index in [0.717, 1.165) is 6.92 Å². The van der Waals surface area contributed by atoms with Crippen molar-refractivity contribution in [1.82, 2.24) is 10.6 Å². The highest BCUT2D eigenvalue weighted by molar-refractivity contribution is 5.83. The van der Waals surface area contributed by atoms with Crippen LogP contribution in [-0.4, -0.2) is 55.5 Å². The first-order chi connectivity index (χ1) is 10.7. The van der Waals surface area contributed by atoms with Gasteiger partial charge < -0.3 is 20.1 Å². The molecule has 0 aromatic rings. The maximum Gasteiger partial charge on any atom is 0.412 e. The molecule has 2 heterocycles. The zero-order valence-corrected chi connectivity index (χ0v) is 12.9. The standard InChI is InChI=1S/C14H21F3N2O4/c1-13(14(15,16)17,19-12(21)10-5-3-7-23-10)8-18-11(20)9-4-2-6-22-9/h9-10H,2-8H2,1H3,(H,18,20)(H,19,21). The lowest BCUT2D eigenvalue weighted by atomic mass is 10.0. The molecular weight excluding hydrogens is 317 g/mol. The molecule has 2 rings (SSSR count). The Morgan fingerprint density at radius 2 is 1.57 bits per heavy atom. The van der Waals surface area contributed by atoms with Crippen LogP contribution in [0.3, 0.4) is 0 Å². The Hall–Kier alpha value is -1.35. The average Bonchev–Trinajstić information content (AvgIpc) is 3.15. The van der Waals surface area contributed by atoms with Gasteiger partial charge in [0.25, 0.3) is 0 Å². The van der Waals surface area contributed by atoms with Crippen molar-refractivity contribution in [3.63, 3.8) is 0 Å². The minimum atomic E-state index is -4.72. The molecule has 2 saturated heterocycles. The van der Waals surface area contributed by atoms with E-state index in [1.54, 1.807) is 0 Å². The largest absolute Gasteiger partial charge is 0.412 e. The molecule has 6 nitrogen and oxygen atoms in total. The third-order valence-electron chi connectivity index (χ3n) is 4.09. The van der Waals surface area contributed by atoms with Crippen LogP contribution in [0.4, 0.5) is 13.2 Å². The van der Waals surface area contributed by atoms with Gasteiger partial charge in [0.15, 0.2) is 5.54 Å². The van der Waals surface area contributed by atoms with Crippen molar-refractivity contribution in [2.24, 2.45) is 0 Å². The molecule has 3 atom stereocenters. The molecule has 0 bridgehead atoms. The summed E-state index contributed by atoms with van der Waals surface area (Å²) in [7, 11) is 0. The van der Waals surface area contributed by atoms with Crippen molar-refractivity contribution in [2.45, 2.75) is 56.5 Å². The summed E-state index contributed by atoms with van der Waals surface area (Å²) >= 11 is 0. The summed E-state index contributed by atoms with van der Waals surface area (Å²) < 4.78 is 50.2. The summed E-state index contributed by atoms with van der Waals surface area (Å²) in [4.78, 5) is 23.8. The van der Waals surface area contributed by atoms with Crippen LogP contribution in [0.1, 0.15) is 32.6 Å². The van der Waals surface area contributed by atoms with Crippen LogP contribution >= 0.6 is 0 Å². The van der Waals surface area contributed by atoms with Gasteiger partial charge in [-0.15, -0.1) is 0 Å². The summed E-state index contributed by atoms with van der Waals surface area (Å²) in [6.45, 7) is 0.865. The van der Waals surface area contributed by atoms with E-state index in [1.807, 2.05) is 5.32 Å². The number of nitrogens with one attached hydrogen (secondary N) is 2. The van der Waals surface area contributed by atoms with Crippen LogP contribution in [0.2, 0.25) is 0 Å². The molecule has 0 saturated carbocycles. The van der Waals surface area contributed by atoms with E-state index in [-0.39, 0.29) is 0 Å². The highest BCUT2D eigenvalue weighted by Crippen LogP contribution is 2.30. The molecule has 2 fully saturated rings. The first-order valence-corrected chi connectivity index (χ1v) is 7.62. The summed E-state index contributed by atoms with van der Waals surface area (Å²) in [5, 5.41) is 4.20. The second-order valence-corrected chi connectivity index (χ2v) is 6.04. The number of hydrogen-bond acceptors (Lipinski definition) is 4. The van der Waals surface area contributed by atoms with Crippen LogP contribution < -0.4 is 10.6 Å². The Balaban J connectivity index is 1.97. The van der Waals surface area contributed by atoms with Crippen molar-refractivity contribution < 1.29 is 32.2 Å². The van der Waals surface area contributed by atoms with Gasteiger partial charge in [-0.05, 0) is 32.6 Å². The zero-order chi connectivity index (χ0) is 17.1. The lowest BCUT2D eigenvalue weighted by Crippen LogP contribution is -2.64. The number of carbonyl (C=O) groups is 2. The monoisotopic (exact) mass is 338 g/mol. The van der Waals surface area contributed by atoms with Gasteiger partial charge in [0.1, 0.15) is 12.2 Å². The van der Waals surface area contributed by atoms with E-state index >= 15 is 0 Å². The van der Waals surface area contributed by atoms with Gasteiger partial charge in [-0.3, -0.25) is 9.59 Å². The topological polar surface area (TPSA) is 76.7 Å². The molecule has 0 aromatic carbocycles. The minimum absolute atomic E-state index is 0.358. The van der Waals surface area contributed by atoms with Gasteiger partial charge >= 0.3 is 6.18 Å². The van der Waals surface area contributed by atoms with Gasteiger partial charge in [-0.1, -0.05) is 0 Å². The fraction of sp³-hybridized carbons (Fsp3) is 0.857. The fourth-order valence-corrected chi connectivity index (χ4v) is 2.51. The van der Waals surface area contributed by atoms with E-state index < -0.39 is 42.3 Å². The lowest BCUT2D eigenvalue weighted by molar-refractivity contribution is -0.194. The third-order valence-corrected chi connectivity index (χ3v) is 4.09. The molecule has 0 aliphatic carbocycles. The summed E-state index contributed by atoms with van der Waals surface area (Å²) in [5.41, 5.74) is -2.57. The normalized spacial score (nSPS) is 27.5. The van der Waals surface area contributed by atoms with Gasteiger partial charge in [0.2, 0.25) is 11.8 Å². The predicted octanol–water partition coefficient (Wildman–Crippen LogP) is 0.898. The number of rotatable bonds is 5. The number of hydrogen-bond donors (Lipinski definition) is 2. The van der Waals surface area contributed by atoms with E-state index in [4.69, 9.17) is 9.47 Å². The average molecular weight is 338 g/mol. The van der Waals surface area contributed by atoms with Gasteiger partial charge in [0.05, 0.1) is 0 Å². The lowest BCUT2D eigenvalue weighted by Gasteiger charge is -2.34. The fourth-order valence-electron chi connectivity index (χ4n) is 2.51. The zero-order valence-electron chi connectivity index (χ0n) is 12.9. The first-order valence-electron chi connectivity index (χ1n) is 7.62. The molecule has 0 radical (unpaired) electrons. The molecule has 132 valence electrons. The molecular formula is C14H21F3N2O4. The van der Waals surface area contributed by atoms with Crippen molar-refractivity contribution in [1.29, 1.82) is 0 Å². The van der Waals surface area contributed by atoms with Crippen molar-refractivity contribution in [2.75, 3.05) is 19.8 Å². The van der Waals surface area contributed by atoms with Crippen LogP contribution in [0.25, 0.3) is 0 Å². The summed E-state index contributed by atoms with van der Waals surface area (Å²) in [5.74, 6) is -1.40. The Morgan fingerprint density at radius 1 is 1.04 bits per heavy atom. The van der Waals surface area contributed by atoms with E-state index in [1.165, 1.54) is 0 Å². The third kappa shape index (κ3) is 4.35. The predicted molar refractivity (Wildman–Crippen MR) is 73.6 cm³/mol. The smallest absolute Gasteiger partial charge is 0.368 e. The highest BCUT2D eigenvalue weighted by atomic mass is 19.4. The summed E-state index contributed by atoms with van der Waals surface area (Å²) in [6, 6.07) is 0.